The number of allylic oxidation sites excluding steroid dienone is 6. The molecule has 240 valence electrons. The quantitative estimate of drug-likeness (QED) is 0.0592. The predicted molar refractivity (Wildman–Crippen MR) is 189 cm³/mol. The van der Waals surface area contributed by atoms with Crippen LogP contribution in [0.1, 0.15) is 174 Å². The highest BCUT2D eigenvalue weighted by molar-refractivity contribution is 8.14. The van der Waals surface area contributed by atoms with Gasteiger partial charge in [-0.05, 0) is 91.3 Å². The van der Waals surface area contributed by atoms with Crippen molar-refractivity contribution < 1.29 is 4.79 Å². The normalized spacial score (nSPS) is 13.0. The molecule has 0 amide bonds. The second kappa shape index (κ2) is 33.7. The van der Waals surface area contributed by atoms with E-state index in [2.05, 4.69) is 69.3 Å². The summed E-state index contributed by atoms with van der Waals surface area (Å²) < 4.78 is 0. The molecule has 0 aliphatic heterocycles. The maximum absolute atomic E-state index is 12.6. The number of hydrogen-bond donors (Lipinski definition) is 0. The van der Waals surface area contributed by atoms with Crippen molar-refractivity contribution in [1.29, 1.82) is 0 Å². The number of unbranched alkanes of at least 4 members (excludes halogenated alkanes) is 16. The van der Waals surface area contributed by atoms with E-state index < -0.39 is 0 Å². The Hall–Kier alpha value is -0.800. The van der Waals surface area contributed by atoms with Gasteiger partial charge in [-0.15, -0.1) is 0 Å². The third kappa shape index (κ3) is 33.6. The molecule has 1 atom stereocenters. The molecule has 0 saturated heterocycles. The molecule has 0 spiro atoms. The van der Waals surface area contributed by atoms with Gasteiger partial charge >= 0.3 is 0 Å². The Morgan fingerprint density at radius 2 is 1.02 bits per heavy atom. The van der Waals surface area contributed by atoms with Crippen molar-refractivity contribution in [2.24, 2.45) is 0 Å². The first-order chi connectivity index (χ1) is 20.1. The third-order valence-corrected chi connectivity index (χ3v) is 9.05. The van der Waals surface area contributed by atoms with Crippen LogP contribution < -0.4 is 0 Å². The van der Waals surface area contributed by atoms with Crippen LogP contribution in [0.2, 0.25) is 0 Å². The lowest BCUT2D eigenvalue weighted by Crippen LogP contribution is -2.14. The predicted octanol–water partition coefficient (Wildman–Crippen LogP) is 12.6. The summed E-state index contributed by atoms with van der Waals surface area (Å²) in [5, 5.41) is 0.962. The highest BCUT2D eigenvalue weighted by Crippen LogP contribution is 2.26. The van der Waals surface area contributed by atoms with Crippen molar-refractivity contribution >= 4 is 16.9 Å². The summed E-state index contributed by atoms with van der Waals surface area (Å²) in [5.41, 5.74) is 0. The molecule has 0 aromatic rings. The van der Waals surface area contributed by atoms with Gasteiger partial charge in [-0.2, -0.15) is 0 Å². The van der Waals surface area contributed by atoms with Crippen LogP contribution in [0, 0.1) is 0 Å². The van der Waals surface area contributed by atoms with Gasteiger partial charge in [0.05, 0.1) is 0 Å². The highest BCUT2D eigenvalue weighted by atomic mass is 32.2. The Kier molecular flexibility index (Phi) is 33.0. The molecule has 0 fully saturated rings. The van der Waals surface area contributed by atoms with Gasteiger partial charge in [-0.3, -0.25) is 4.79 Å². The number of thioether (sulfide) groups is 1. The van der Waals surface area contributed by atoms with Crippen LogP contribution in [-0.4, -0.2) is 35.9 Å². The molecular weight excluding hydrogens is 518 g/mol. The minimum Gasteiger partial charge on any atom is -0.309 e. The molecule has 0 bridgehead atoms. The Bertz CT molecular complexity index is 624. The Morgan fingerprint density at radius 3 is 1.54 bits per heavy atom. The Labute approximate surface area is 262 Å². The number of rotatable bonds is 31. The smallest absolute Gasteiger partial charge is 0.189 e. The molecule has 0 aromatic heterocycles. The maximum atomic E-state index is 12.6. The van der Waals surface area contributed by atoms with Crippen molar-refractivity contribution in [2.75, 3.05) is 20.6 Å². The van der Waals surface area contributed by atoms with Crippen LogP contribution >= 0.6 is 11.8 Å². The average Bonchev–Trinajstić information content (AvgIpc) is 2.95. The second-order valence-electron chi connectivity index (χ2n) is 12.4. The fourth-order valence-electron chi connectivity index (χ4n) is 5.15. The first-order valence-corrected chi connectivity index (χ1v) is 18.8. The molecule has 0 heterocycles. The number of nitrogens with zero attached hydrogens (tertiary/aromatic N) is 1. The van der Waals surface area contributed by atoms with Crippen molar-refractivity contribution in [3.8, 4) is 0 Å². The van der Waals surface area contributed by atoms with Gasteiger partial charge in [-0.25, -0.2) is 0 Å². The summed E-state index contributed by atoms with van der Waals surface area (Å²) >= 11 is 1.69. The van der Waals surface area contributed by atoms with Crippen LogP contribution in [0.15, 0.2) is 36.5 Å². The molecule has 0 aromatic carbocycles. The van der Waals surface area contributed by atoms with Crippen LogP contribution in [0.3, 0.4) is 0 Å². The van der Waals surface area contributed by atoms with Gasteiger partial charge in [0.25, 0.3) is 0 Å². The van der Waals surface area contributed by atoms with Crippen LogP contribution in [0.4, 0.5) is 0 Å². The van der Waals surface area contributed by atoms with E-state index in [1.165, 1.54) is 141 Å². The van der Waals surface area contributed by atoms with Crippen molar-refractivity contribution in [3.05, 3.63) is 36.5 Å². The van der Waals surface area contributed by atoms with Gasteiger partial charge in [0.15, 0.2) is 5.12 Å². The van der Waals surface area contributed by atoms with E-state index in [-0.39, 0.29) is 0 Å². The molecule has 0 radical (unpaired) electrons. The lowest BCUT2D eigenvalue weighted by atomic mass is 10.0. The summed E-state index contributed by atoms with van der Waals surface area (Å²) in [6.45, 7) is 5.52. The average molecular weight is 590 g/mol. The molecule has 41 heavy (non-hydrogen) atoms. The van der Waals surface area contributed by atoms with Crippen molar-refractivity contribution in [3.63, 3.8) is 0 Å². The first-order valence-electron chi connectivity index (χ1n) is 17.9. The minimum atomic E-state index is 0.424. The van der Waals surface area contributed by atoms with Gasteiger partial charge in [-0.1, -0.05) is 146 Å². The summed E-state index contributed by atoms with van der Waals surface area (Å²) in [7, 11) is 4.18. The first kappa shape index (κ1) is 40.2. The highest BCUT2D eigenvalue weighted by Gasteiger charge is 2.14. The van der Waals surface area contributed by atoms with Gasteiger partial charge in [0.2, 0.25) is 0 Å². The van der Waals surface area contributed by atoms with E-state index in [1.807, 2.05) is 0 Å². The number of carbonyl (C=O) groups excluding carboxylic acids is 1. The molecule has 3 heteroatoms. The zero-order valence-electron chi connectivity index (χ0n) is 28.2. The largest absolute Gasteiger partial charge is 0.309 e. The second-order valence-corrected chi connectivity index (χ2v) is 13.7. The molecule has 0 aliphatic carbocycles. The molecule has 1 unspecified atom stereocenters. The lowest BCUT2D eigenvalue weighted by molar-refractivity contribution is -0.111. The lowest BCUT2D eigenvalue weighted by Gasteiger charge is -2.16. The van der Waals surface area contributed by atoms with E-state index >= 15 is 0 Å². The fourth-order valence-corrected chi connectivity index (χ4v) is 6.35. The van der Waals surface area contributed by atoms with Gasteiger partial charge < -0.3 is 4.90 Å². The zero-order chi connectivity index (χ0) is 30.1. The van der Waals surface area contributed by atoms with Crippen LogP contribution in [0.5, 0.6) is 0 Å². The van der Waals surface area contributed by atoms with Gasteiger partial charge in [0.1, 0.15) is 0 Å². The minimum absolute atomic E-state index is 0.424. The van der Waals surface area contributed by atoms with Crippen LogP contribution in [-0.2, 0) is 4.79 Å². The van der Waals surface area contributed by atoms with Crippen molar-refractivity contribution in [1.82, 2.24) is 4.90 Å². The Morgan fingerprint density at radius 1 is 0.561 bits per heavy atom. The summed E-state index contributed by atoms with van der Waals surface area (Å²) in [6.07, 6.45) is 45.7. The third-order valence-electron chi connectivity index (χ3n) is 7.78. The van der Waals surface area contributed by atoms with Crippen molar-refractivity contribution in [2.45, 2.75) is 180 Å². The standard InChI is InChI=1S/C38H71NOS/c1-5-7-9-11-13-15-17-18-19-20-21-23-25-27-29-31-34-37(41-38(40)35-32-36-39(3)4)33-30-28-26-24-22-16-14-12-10-8-6-2/h10,12-13,15,18-19,37H,5-9,11,14,16-17,20-36H2,1-4H3/b12-10-,15-13-,19-18-. The van der Waals surface area contributed by atoms with E-state index in [0.717, 1.165) is 25.8 Å². The number of hydrogen-bond acceptors (Lipinski definition) is 3. The van der Waals surface area contributed by atoms with Crippen LogP contribution in [0.25, 0.3) is 0 Å². The molecule has 2 nitrogen and oxygen atoms in total. The molecule has 0 aliphatic rings. The Balaban J connectivity index is 4.00. The van der Waals surface area contributed by atoms with E-state index in [1.54, 1.807) is 11.8 Å². The molecular formula is C38H71NOS. The monoisotopic (exact) mass is 590 g/mol. The van der Waals surface area contributed by atoms with Gasteiger partial charge in [0, 0.05) is 11.7 Å². The zero-order valence-corrected chi connectivity index (χ0v) is 29.0. The van der Waals surface area contributed by atoms with E-state index in [0.29, 0.717) is 10.4 Å². The molecule has 0 rings (SSSR count). The van der Waals surface area contributed by atoms with E-state index in [9.17, 15) is 4.79 Å². The summed E-state index contributed by atoms with van der Waals surface area (Å²) in [5.74, 6) is 0. The maximum Gasteiger partial charge on any atom is 0.189 e. The summed E-state index contributed by atoms with van der Waals surface area (Å²) in [4.78, 5) is 14.8. The number of carbonyl (C=O) groups is 1. The topological polar surface area (TPSA) is 20.3 Å². The van der Waals surface area contributed by atoms with E-state index in [4.69, 9.17) is 0 Å². The summed E-state index contributed by atoms with van der Waals surface area (Å²) in [6, 6.07) is 0. The SMILES string of the molecule is CCC/C=C\CCCCCCCCC(CCCCCCCC/C=C\C/C=C\CCCCC)SC(=O)CCCN(C)C. The fraction of sp³-hybridized carbons (Fsp3) is 0.816. The molecule has 0 N–H and O–H groups in total. The molecule has 0 saturated carbocycles.